The normalized spacial score (nSPS) is 43.6. The molecule has 3 N–H and O–H groups in total. The van der Waals surface area contributed by atoms with E-state index in [0.717, 1.165) is 4.47 Å². The molecular formula is C37H45BrN2O8. The fourth-order valence-corrected chi connectivity index (χ4v) is 12.5. The third-order valence-corrected chi connectivity index (χ3v) is 14.2. The molecule has 0 radical (unpaired) electrons. The smallest absolute Gasteiger partial charge is 0.340 e. The summed E-state index contributed by atoms with van der Waals surface area (Å²) in [5.74, 6) is -1.72. The predicted octanol–water partition coefficient (Wildman–Crippen LogP) is 4.28. The van der Waals surface area contributed by atoms with Crippen LogP contribution in [0.3, 0.4) is 0 Å². The van der Waals surface area contributed by atoms with Gasteiger partial charge in [0.2, 0.25) is 0 Å². The van der Waals surface area contributed by atoms with Gasteiger partial charge in [-0.05, 0) is 68.6 Å². The largest absolute Gasteiger partial charge is 0.454 e. The zero-order chi connectivity index (χ0) is 33.8. The number of carbonyl (C=O) groups is 2. The van der Waals surface area contributed by atoms with Gasteiger partial charge < -0.3 is 34.5 Å². The molecule has 7 bridgehead atoms. The second-order valence-electron chi connectivity index (χ2n) is 15.0. The number of halogens is 1. The van der Waals surface area contributed by atoms with Crippen molar-refractivity contribution in [3.05, 3.63) is 64.1 Å². The standard InChI is InChI=1S/C37H45BrN2O8/c1-5-40-19-34(48-33(42)22-8-6-7-9-25(22)39-32(41)20-10-12-21(38)13-11-20)15-14-29(46-3)36-27(34)17-24(30(36)40)35(43)18-26(45-2)23-16-28(36)37(35,44)31(23)47-4/h6-13,23-24,26-31,43-44H,5,14-19H2,1-4H3,(H,39,41)/t23-,24+,26+,27-,28+,29+,30?,31+,34-,35+,36+,37+/m1/s1. The Morgan fingerprint density at radius 2 is 1.75 bits per heavy atom. The van der Waals surface area contributed by atoms with Crippen LogP contribution in [-0.2, 0) is 18.9 Å². The van der Waals surface area contributed by atoms with Gasteiger partial charge in [-0.2, -0.15) is 0 Å². The molecule has 1 saturated heterocycles. The summed E-state index contributed by atoms with van der Waals surface area (Å²) in [6.07, 6.45) is 1.76. The first kappa shape index (κ1) is 32.8. The van der Waals surface area contributed by atoms with Crippen LogP contribution in [0.25, 0.3) is 0 Å². The van der Waals surface area contributed by atoms with Gasteiger partial charge in [-0.3, -0.25) is 9.69 Å². The lowest BCUT2D eigenvalue weighted by Crippen LogP contribution is -2.83. The number of benzene rings is 2. The van der Waals surface area contributed by atoms with Crippen LogP contribution in [-0.4, -0.2) is 103 Å². The molecule has 10 nitrogen and oxygen atoms in total. The highest BCUT2D eigenvalue weighted by molar-refractivity contribution is 9.10. The van der Waals surface area contributed by atoms with Crippen molar-refractivity contribution in [1.82, 2.24) is 4.90 Å². The minimum atomic E-state index is -1.50. The molecule has 12 atom stereocenters. The molecule has 2 aromatic carbocycles. The quantitative estimate of drug-likeness (QED) is 0.342. The van der Waals surface area contributed by atoms with E-state index in [9.17, 15) is 19.8 Å². The number of ether oxygens (including phenoxy) is 4. The summed E-state index contributed by atoms with van der Waals surface area (Å²) in [6.45, 7) is 3.33. The molecule has 1 aliphatic heterocycles. The van der Waals surface area contributed by atoms with Crippen molar-refractivity contribution in [3.63, 3.8) is 0 Å². The monoisotopic (exact) mass is 724 g/mol. The molecule has 1 unspecified atom stereocenters. The van der Waals surface area contributed by atoms with Crippen molar-refractivity contribution in [2.24, 2.45) is 29.1 Å². The van der Waals surface area contributed by atoms with Crippen LogP contribution in [0.15, 0.2) is 53.0 Å². The van der Waals surface area contributed by atoms with E-state index in [4.69, 9.17) is 18.9 Å². The van der Waals surface area contributed by atoms with Crippen molar-refractivity contribution in [3.8, 4) is 0 Å². The van der Waals surface area contributed by atoms with Crippen LogP contribution in [0.2, 0.25) is 0 Å². The molecule has 6 fully saturated rings. The molecule has 8 rings (SSSR count). The third-order valence-electron chi connectivity index (χ3n) is 13.7. The van der Waals surface area contributed by atoms with Crippen molar-refractivity contribution in [1.29, 1.82) is 0 Å². The Balaban J connectivity index is 1.20. The summed E-state index contributed by atoms with van der Waals surface area (Å²) in [4.78, 5) is 30.0. The number of hydrogen-bond donors (Lipinski definition) is 3. The first-order valence-corrected chi connectivity index (χ1v) is 18.0. The number of fused-ring (bicyclic) bond motifs is 2. The summed E-state index contributed by atoms with van der Waals surface area (Å²) in [7, 11) is 5.06. The fraction of sp³-hybridized carbons (Fsp3) is 0.622. The van der Waals surface area contributed by atoms with Crippen LogP contribution in [0.1, 0.15) is 59.7 Å². The van der Waals surface area contributed by atoms with Gasteiger partial charge in [0, 0.05) is 79.5 Å². The molecule has 48 heavy (non-hydrogen) atoms. The number of aliphatic hydroxyl groups is 2. The lowest BCUT2D eigenvalue weighted by atomic mass is 9.44. The van der Waals surface area contributed by atoms with E-state index in [1.54, 1.807) is 69.9 Å². The summed E-state index contributed by atoms with van der Waals surface area (Å²) in [5, 5.41) is 28.8. The number of hydrogen-bond acceptors (Lipinski definition) is 9. The number of esters is 1. The van der Waals surface area contributed by atoms with Crippen LogP contribution in [0, 0.1) is 29.1 Å². The van der Waals surface area contributed by atoms with Crippen LogP contribution in [0.5, 0.6) is 0 Å². The highest BCUT2D eigenvalue weighted by Crippen LogP contribution is 2.79. The minimum Gasteiger partial charge on any atom is -0.454 e. The number of piperidine rings is 1. The Labute approximate surface area is 289 Å². The first-order chi connectivity index (χ1) is 23.0. The van der Waals surface area contributed by atoms with E-state index in [1.807, 2.05) is 0 Å². The van der Waals surface area contributed by atoms with Gasteiger partial charge in [-0.15, -0.1) is 0 Å². The highest BCUT2D eigenvalue weighted by Gasteiger charge is 2.89. The maximum Gasteiger partial charge on any atom is 0.340 e. The van der Waals surface area contributed by atoms with Gasteiger partial charge in [0.25, 0.3) is 5.91 Å². The zero-order valence-corrected chi connectivity index (χ0v) is 29.4. The van der Waals surface area contributed by atoms with Gasteiger partial charge in [-0.1, -0.05) is 35.0 Å². The summed E-state index contributed by atoms with van der Waals surface area (Å²) >= 11 is 3.41. The minimum absolute atomic E-state index is 0.0656. The molecule has 0 aromatic heterocycles. The SMILES string of the molecule is CCN1C[C@]2(OC(=O)c3ccccc3NC(=O)c3ccc(Br)cc3)CC[C@H](OC)[C@]34C1[C@H](C[C@H]23)[C@@]1(O)C[C@H](OC)[C@H]2C[C@@H]4[C@]1(O)[C@H]2OC. The fourth-order valence-electron chi connectivity index (χ4n) is 12.2. The molecule has 5 aliphatic carbocycles. The molecule has 1 heterocycles. The summed E-state index contributed by atoms with van der Waals surface area (Å²) < 4.78 is 26.1. The van der Waals surface area contributed by atoms with E-state index in [-0.39, 0.29) is 53.4 Å². The van der Waals surface area contributed by atoms with Crippen LogP contribution >= 0.6 is 15.9 Å². The number of para-hydroxylation sites is 1. The molecule has 11 heteroatoms. The number of carbonyl (C=O) groups excluding carboxylic acids is 2. The number of amides is 1. The Hall–Kier alpha value is -2.38. The average molecular weight is 726 g/mol. The van der Waals surface area contributed by atoms with E-state index < -0.39 is 34.3 Å². The molecule has 2 aromatic rings. The second kappa shape index (κ2) is 11.3. The molecule has 6 aliphatic rings. The number of methoxy groups -OCH3 is 3. The van der Waals surface area contributed by atoms with E-state index in [2.05, 4.69) is 33.1 Å². The molecule has 5 saturated carbocycles. The highest BCUT2D eigenvalue weighted by atomic mass is 79.9. The lowest BCUT2D eigenvalue weighted by Gasteiger charge is -2.70. The van der Waals surface area contributed by atoms with Gasteiger partial charge >= 0.3 is 5.97 Å². The van der Waals surface area contributed by atoms with Gasteiger partial charge in [0.1, 0.15) is 16.8 Å². The number of nitrogens with one attached hydrogen (secondary N) is 1. The van der Waals surface area contributed by atoms with Crippen molar-refractivity contribution >= 4 is 33.5 Å². The van der Waals surface area contributed by atoms with Crippen LogP contribution in [0.4, 0.5) is 5.69 Å². The second-order valence-corrected chi connectivity index (χ2v) is 15.9. The Morgan fingerprint density at radius 1 is 1.00 bits per heavy atom. The molecular weight excluding hydrogens is 680 g/mol. The Kier molecular flexibility index (Phi) is 7.73. The molecule has 258 valence electrons. The van der Waals surface area contributed by atoms with Gasteiger partial charge in [0.15, 0.2) is 0 Å². The Morgan fingerprint density at radius 3 is 2.44 bits per heavy atom. The molecule has 1 amide bonds. The van der Waals surface area contributed by atoms with Crippen LogP contribution < -0.4 is 5.32 Å². The maximum atomic E-state index is 14.4. The van der Waals surface area contributed by atoms with E-state index >= 15 is 0 Å². The lowest BCUT2D eigenvalue weighted by molar-refractivity contribution is -0.337. The topological polar surface area (TPSA) is 127 Å². The number of likely N-dealkylation sites (N-methyl/N-ethyl adjacent to an activating group) is 1. The van der Waals surface area contributed by atoms with Crippen molar-refractivity contribution < 1.29 is 38.7 Å². The predicted molar refractivity (Wildman–Crippen MR) is 179 cm³/mol. The van der Waals surface area contributed by atoms with E-state index in [1.165, 1.54) is 0 Å². The zero-order valence-electron chi connectivity index (χ0n) is 27.9. The number of likely N-dealkylation sites (tertiary alicyclic amines) is 1. The molecule has 1 spiro atoms. The first-order valence-electron chi connectivity index (χ1n) is 17.2. The van der Waals surface area contributed by atoms with Crippen molar-refractivity contribution in [2.45, 2.75) is 80.2 Å². The van der Waals surface area contributed by atoms with Gasteiger partial charge in [0.05, 0.1) is 29.6 Å². The third kappa shape index (κ3) is 4.01. The number of nitrogens with zero attached hydrogens (tertiary/aromatic N) is 1. The van der Waals surface area contributed by atoms with Crippen molar-refractivity contribution in [2.75, 3.05) is 39.7 Å². The number of rotatable bonds is 8. The summed E-state index contributed by atoms with van der Waals surface area (Å²) in [5.41, 5.74) is -3.29. The average Bonchev–Trinajstić information content (AvgIpc) is 3.51. The maximum absolute atomic E-state index is 14.4. The summed E-state index contributed by atoms with van der Waals surface area (Å²) in [6, 6.07) is 13.9. The van der Waals surface area contributed by atoms with Gasteiger partial charge in [-0.25, -0.2) is 4.79 Å². The number of anilines is 1. The Bertz CT molecular complexity index is 1620. The van der Waals surface area contributed by atoms with E-state index in [0.29, 0.717) is 56.4 Å².